The zero-order valence-electron chi connectivity index (χ0n) is 14.3. The van der Waals surface area contributed by atoms with Crippen LogP contribution in [0.25, 0.3) is 0 Å². The van der Waals surface area contributed by atoms with Crippen molar-refractivity contribution in [1.82, 2.24) is 5.32 Å². The molecule has 0 atom stereocenters. The molecule has 130 valence electrons. The van der Waals surface area contributed by atoms with Gasteiger partial charge >= 0.3 is 5.97 Å². The van der Waals surface area contributed by atoms with Gasteiger partial charge in [0.25, 0.3) is 0 Å². The molecule has 0 saturated heterocycles. The van der Waals surface area contributed by atoms with Crippen molar-refractivity contribution >= 4 is 17.6 Å². The number of hydrogen-bond acceptors (Lipinski definition) is 4. The van der Waals surface area contributed by atoms with Gasteiger partial charge in [-0.15, -0.1) is 0 Å². The molecule has 5 heteroatoms. The van der Waals surface area contributed by atoms with E-state index in [1.165, 1.54) is 31.3 Å². The number of ether oxygens (including phenoxy) is 1. The molecule has 1 aliphatic rings. The van der Waals surface area contributed by atoms with Gasteiger partial charge in [0.1, 0.15) is 0 Å². The van der Waals surface area contributed by atoms with Crippen LogP contribution in [0.4, 0.5) is 5.69 Å². The van der Waals surface area contributed by atoms with Gasteiger partial charge in [0.2, 0.25) is 5.91 Å². The monoisotopic (exact) mass is 330 g/mol. The van der Waals surface area contributed by atoms with Crippen LogP contribution in [0.3, 0.4) is 0 Å². The van der Waals surface area contributed by atoms with Crippen molar-refractivity contribution in [2.45, 2.75) is 39.0 Å². The molecule has 1 aliphatic carbocycles. The molecule has 0 saturated carbocycles. The van der Waals surface area contributed by atoms with Crippen molar-refractivity contribution in [3.63, 3.8) is 0 Å². The summed E-state index contributed by atoms with van der Waals surface area (Å²) in [4.78, 5) is 23.9. The van der Waals surface area contributed by atoms with E-state index in [-0.39, 0.29) is 12.5 Å². The molecular formula is C19H26N2O3. The first-order valence-electron chi connectivity index (χ1n) is 8.65. The fourth-order valence-corrected chi connectivity index (χ4v) is 2.76. The number of carbonyl (C=O) groups is 2. The number of anilines is 1. The molecule has 1 aromatic carbocycles. The van der Waals surface area contributed by atoms with Crippen LogP contribution in [0.15, 0.2) is 35.9 Å². The number of esters is 1. The number of carbonyl (C=O) groups excluding carboxylic acids is 2. The second kappa shape index (κ2) is 9.88. The van der Waals surface area contributed by atoms with E-state index in [0.717, 1.165) is 13.0 Å². The van der Waals surface area contributed by atoms with Gasteiger partial charge in [0.15, 0.2) is 0 Å². The van der Waals surface area contributed by atoms with E-state index in [1.807, 2.05) is 0 Å². The van der Waals surface area contributed by atoms with E-state index >= 15 is 0 Å². The summed E-state index contributed by atoms with van der Waals surface area (Å²) in [5.74, 6) is -0.588. The maximum Gasteiger partial charge on any atom is 0.340 e. The Morgan fingerprint density at radius 2 is 2.04 bits per heavy atom. The highest BCUT2D eigenvalue weighted by atomic mass is 16.5. The van der Waals surface area contributed by atoms with Gasteiger partial charge in [-0.25, -0.2) is 4.79 Å². The minimum Gasteiger partial charge on any atom is -0.462 e. The zero-order chi connectivity index (χ0) is 17.2. The van der Waals surface area contributed by atoms with Gasteiger partial charge < -0.3 is 15.4 Å². The highest BCUT2D eigenvalue weighted by Crippen LogP contribution is 2.19. The van der Waals surface area contributed by atoms with E-state index in [2.05, 4.69) is 16.7 Å². The molecular weight excluding hydrogens is 304 g/mol. The van der Waals surface area contributed by atoms with Gasteiger partial charge in [-0.3, -0.25) is 4.79 Å². The third-order valence-electron chi connectivity index (χ3n) is 3.99. The lowest BCUT2D eigenvalue weighted by Gasteiger charge is -2.13. The third kappa shape index (κ3) is 5.81. The predicted octanol–water partition coefficient (Wildman–Crippen LogP) is 3.28. The minimum absolute atomic E-state index is 0.163. The molecule has 0 aliphatic heterocycles. The van der Waals surface area contributed by atoms with Crippen molar-refractivity contribution in [1.29, 1.82) is 0 Å². The summed E-state index contributed by atoms with van der Waals surface area (Å²) in [7, 11) is 0. The van der Waals surface area contributed by atoms with Gasteiger partial charge in [-0.2, -0.15) is 0 Å². The smallest absolute Gasteiger partial charge is 0.340 e. The molecule has 24 heavy (non-hydrogen) atoms. The standard InChI is InChI=1S/C19H26N2O3/c1-2-24-19(23)16-10-6-7-11-17(16)21-18(22)14-20-13-12-15-8-4-3-5-9-15/h6-8,10-11,20H,2-5,9,12-14H2,1H3,(H,21,22). The van der Waals surface area contributed by atoms with E-state index < -0.39 is 5.97 Å². The lowest BCUT2D eigenvalue weighted by atomic mass is 9.97. The molecule has 5 nitrogen and oxygen atoms in total. The van der Waals surface area contributed by atoms with Crippen molar-refractivity contribution in [3.05, 3.63) is 41.5 Å². The number of benzene rings is 1. The molecule has 0 radical (unpaired) electrons. The summed E-state index contributed by atoms with van der Waals surface area (Å²) in [5.41, 5.74) is 2.35. The number of amides is 1. The van der Waals surface area contributed by atoms with E-state index in [1.54, 1.807) is 31.2 Å². The number of rotatable bonds is 8. The Bertz CT molecular complexity index is 596. The van der Waals surface area contributed by atoms with Crippen LogP contribution in [0, 0.1) is 0 Å². The molecule has 1 aromatic rings. The zero-order valence-corrected chi connectivity index (χ0v) is 14.3. The Morgan fingerprint density at radius 3 is 2.79 bits per heavy atom. The van der Waals surface area contributed by atoms with Crippen molar-refractivity contribution in [3.8, 4) is 0 Å². The van der Waals surface area contributed by atoms with Crippen molar-refractivity contribution < 1.29 is 14.3 Å². The Balaban J connectivity index is 1.78. The lowest BCUT2D eigenvalue weighted by Crippen LogP contribution is -2.29. The molecule has 0 unspecified atom stereocenters. The predicted molar refractivity (Wildman–Crippen MR) is 95.1 cm³/mol. The minimum atomic E-state index is -0.425. The highest BCUT2D eigenvalue weighted by molar-refractivity contribution is 6.01. The second-order valence-corrected chi connectivity index (χ2v) is 5.85. The van der Waals surface area contributed by atoms with Gasteiger partial charge in [-0.05, 0) is 57.7 Å². The van der Waals surface area contributed by atoms with Crippen LogP contribution >= 0.6 is 0 Å². The van der Waals surface area contributed by atoms with Crippen LogP contribution in [-0.2, 0) is 9.53 Å². The lowest BCUT2D eigenvalue weighted by molar-refractivity contribution is -0.115. The Hall–Kier alpha value is -2.14. The molecule has 2 N–H and O–H groups in total. The van der Waals surface area contributed by atoms with E-state index in [4.69, 9.17) is 4.74 Å². The fourth-order valence-electron chi connectivity index (χ4n) is 2.76. The molecule has 2 rings (SSSR count). The van der Waals surface area contributed by atoms with Crippen LogP contribution < -0.4 is 10.6 Å². The summed E-state index contributed by atoms with van der Waals surface area (Å²) < 4.78 is 5.00. The topological polar surface area (TPSA) is 67.4 Å². The highest BCUT2D eigenvalue weighted by Gasteiger charge is 2.13. The molecule has 0 bridgehead atoms. The Kier molecular flexibility index (Phi) is 7.49. The average molecular weight is 330 g/mol. The maximum absolute atomic E-state index is 12.1. The van der Waals surface area contributed by atoms with Gasteiger partial charge in [-0.1, -0.05) is 23.8 Å². The summed E-state index contributed by atoms with van der Waals surface area (Å²) in [5, 5.41) is 5.93. The Labute approximate surface area is 143 Å². The van der Waals surface area contributed by atoms with Crippen LogP contribution in [0.5, 0.6) is 0 Å². The number of hydrogen-bond donors (Lipinski definition) is 2. The fraction of sp³-hybridized carbons (Fsp3) is 0.474. The number of allylic oxidation sites excluding steroid dienone is 1. The number of para-hydroxylation sites is 1. The number of nitrogens with one attached hydrogen (secondary N) is 2. The summed E-state index contributed by atoms with van der Waals surface area (Å²) in [6.45, 7) is 3.08. The SMILES string of the molecule is CCOC(=O)c1ccccc1NC(=O)CNCCC1=CCCCC1. The van der Waals surface area contributed by atoms with Crippen LogP contribution in [0.1, 0.15) is 49.4 Å². The normalized spacial score (nSPS) is 14.0. The van der Waals surface area contributed by atoms with Gasteiger partial charge in [0.05, 0.1) is 24.4 Å². The first-order chi connectivity index (χ1) is 11.7. The summed E-state index contributed by atoms with van der Waals surface area (Å²) >= 11 is 0. The van der Waals surface area contributed by atoms with E-state index in [0.29, 0.717) is 17.9 Å². The quantitative estimate of drug-likeness (QED) is 0.436. The molecule has 0 spiro atoms. The molecule has 1 amide bonds. The third-order valence-corrected chi connectivity index (χ3v) is 3.99. The second-order valence-electron chi connectivity index (χ2n) is 5.85. The summed E-state index contributed by atoms with van der Waals surface area (Å²) in [6.07, 6.45) is 8.24. The van der Waals surface area contributed by atoms with Crippen LogP contribution in [-0.4, -0.2) is 31.6 Å². The average Bonchev–Trinajstić information content (AvgIpc) is 2.60. The maximum atomic E-state index is 12.1. The Morgan fingerprint density at radius 1 is 1.21 bits per heavy atom. The van der Waals surface area contributed by atoms with Crippen LogP contribution in [0.2, 0.25) is 0 Å². The van der Waals surface area contributed by atoms with E-state index in [9.17, 15) is 9.59 Å². The molecule has 0 aromatic heterocycles. The van der Waals surface area contributed by atoms with Crippen molar-refractivity contribution in [2.24, 2.45) is 0 Å². The van der Waals surface area contributed by atoms with Gasteiger partial charge in [0, 0.05) is 0 Å². The van der Waals surface area contributed by atoms with Crippen molar-refractivity contribution in [2.75, 3.05) is 25.0 Å². The first kappa shape index (κ1) is 18.2. The molecule has 0 heterocycles. The largest absolute Gasteiger partial charge is 0.462 e. The summed E-state index contributed by atoms with van der Waals surface area (Å²) in [6, 6.07) is 6.88. The first-order valence-corrected chi connectivity index (χ1v) is 8.65. The molecule has 0 fully saturated rings.